The Bertz CT molecular complexity index is 1670. The average Bonchev–Trinajstić information content (AvgIpc) is 3.46. The molecule has 38 heavy (non-hydrogen) atoms. The van der Waals surface area contributed by atoms with Gasteiger partial charge in [0.15, 0.2) is 5.69 Å². The minimum Gasteiger partial charge on any atom is -0.367 e. The van der Waals surface area contributed by atoms with Gasteiger partial charge in [-0.1, -0.05) is 0 Å². The van der Waals surface area contributed by atoms with E-state index >= 15 is 0 Å². The Morgan fingerprint density at radius 1 is 1.03 bits per heavy atom. The fourth-order valence-corrected chi connectivity index (χ4v) is 7.84. The van der Waals surface area contributed by atoms with Crippen LogP contribution in [-0.4, -0.2) is 69.5 Å². The zero-order chi connectivity index (χ0) is 26.2. The van der Waals surface area contributed by atoms with E-state index in [4.69, 9.17) is 4.98 Å². The van der Waals surface area contributed by atoms with Crippen LogP contribution in [0.1, 0.15) is 42.5 Å². The lowest BCUT2D eigenvalue weighted by Crippen LogP contribution is -2.49. The molecule has 2 N–H and O–H groups in total. The van der Waals surface area contributed by atoms with Gasteiger partial charge in [-0.25, -0.2) is 13.4 Å². The maximum Gasteiger partial charge on any atom is 0.435 e. The molecule has 200 valence electrons. The second-order valence-corrected chi connectivity index (χ2v) is 12.6. The lowest BCUT2D eigenvalue weighted by molar-refractivity contribution is -0.140. The molecule has 4 aromatic rings. The molecule has 3 aliphatic rings. The van der Waals surface area contributed by atoms with E-state index in [0.717, 1.165) is 65.2 Å². The Labute approximate surface area is 216 Å². The van der Waals surface area contributed by atoms with Crippen LogP contribution in [0.2, 0.25) is 0 Å². The third-order valence-corrected chi connectivity index (χ3v) is 10.4. The molecule has 9 nitrogen and oxygen atoms in total. The van der Waals surface area contributed by atoms with E-state index in [0.29, 0.717) is 43.8 Å². The molecule has 0 unspecified atom stereocenters. The van der Waals surface area contributed by atoms with Crippen LogP contribution in [0.4, 0.5) is 18.9 Å². The predicted octanol–water partition coefficient (Wildman–Crippen LogP) is 4.01. The molecule has 13 heteroatoms. The summed E-state index contributed by atoms with van der Waals surface area (Å²) < 4.78 is 68.7. The molecule has 1 aliphatic heterocycles. The Balaban J connectivity index is 1.41. The highest BCUT2D eigenvalue weighted by Crippen LogP contribution is 2.44. The van der Waals surface area contributed by atoms with Gasteiger partial charge in [-0.3, -0.25) is 10.2 Å². The highest BCUT2D eigenvalue weighted by Gasteiger charge is 2.41. The third-order valence-electron chi connectivity index (χ3n) is 8.03. The summed E-state index contributed by atoms with van der Waals surface area (Å²) in [6, 6.07) is 1.93. The van der Waals surface area contributed by atoms with Crippen LogP contribution in [0.15, 0.2) is 18.5 Å². The van der Waals surface area contributed by atoms with E-state index < -0.39 is 21.9 Å². The molecule has 2 fully saturated rings. The molecule has 7 rings (SSSR count). The standard InChI is InChI=1S/C25H26F3N7O2S/c26-25(27,28)24-18(13-30-33-24)22-16-4-2-1-3-15(16)21-17-12-29-32-19(17)11-20(23(21)31-22)34-7-9-35(10-8-34)38(36,37)14-5-6-14/h11-14H,1-10H2,(H,29,32)(H,30,33). The zero-order valence-electron chi connectivity index (χ0n) is 20.5. The number of alkyl halides is 3. The van der Waals surface area contributed by atoms with Crippen LogP contribution in [0.5, 0.6) is 0 Å². The van der Waals surface area contributed by atoms with Crippen molar-refractivity contribution in [3.63, 3.8) is 0 Å². The fourth-order valence-electron chi connectivity index (χ4n) is 6.02. The van der Waals surface area contributed by atoms with Gasteiger partial charge >= 0.3 is 6.18 Å². The number of nitrogens with zero attached hydrogens (tertiary/aromatic N) is 5. The van der Waals surface area contributed by atoms with Gasteiger partial charge in [0.25, 0.3) is 0 Å². The zero-order valence-corrected chi connectivity index (χ0v) is 21.3. The van der Waals surface area contributed by atoms with Gasteiger partial charge in [-0.2, -0.15) is 27.7 Å². The second-order valence-electron chi connectivity index (χ2n) is 10.4. The first-order chi connectivity index (χ1) is 18.2. The van der Waals surface area contributed by atoms with Crippen molar-refractivity contribution in [2.24, 2.45) is 0 Å². The average molecular weight is 546 g/mol. The van der Waals surface area contributed by atoms with Gasteiger partial charge < -0.3 is 4.90 Å². The largest absolute Gasteiger partial charge is 0.435 e. The molecule has 1 saturated carbocycles. The fraction of sp³-hybridized carbons (Fsp3) is 0.480. The first kappa shape index (κ1) is 23.9. The summed E-state index contributed by atoms with van der Waals surface area (Å²) in [4.78, 5) is 7.03. The number of piperazine rings is 1. The number of nitrogens with one attached hydrogen (secondary N) is 2. The minimum absolute atomic E-state index is 0.0452. The van der Waals surface area contributed by atoms with E-state index in [1.807, 2.05) is 6.07 Å². The molecule has 0 atom stereocenters. The lowest BCUT2D eigenvalue weighted by atomic mass is 9.85. The van der Waals surface area contributed by atoms with Crippen molar-refractivity contribution in [2.45, 2.75) is 50.0 Å². The molecular formula is C25H26F3N7O2S. The molecule has 3 aromatic heterocycles. The smallest absolute Gasteiger partial charge is 0.367 e. The SMILES string of the molecule is O=S(=O)(C1CC1)N1CCN(c2cc3[nH]ncc3c3c4c(c(-c5c[nH]nc5C(F)(F)F)nc23)CCCC4)CC1. The minimum atomic E-state index is -4.62. The first-order valence-corrected chi connectivity index (χ1v) is 14.4. The van der Waals surface area contributed by atoms with Crippen molar-refractivity contribution >= 4 is 37.5 Å². The molecule has 0 radical (unpaired) electrons. The number of halogens is 3. The summed E-state index contributed by atoms with van der Waals surface area (Å²) in [5.74, 6) is 0. The third kappa shape index (κ3) is 3.69. The molecule has 1 aromatic carbocycles. The van der Waals surface area contributed by atoms with E-state index in [1.54, 1.807) is 10.5 Å². The Kier molecular flexibility index (Phi) is 5.28. The van der Waals surface area contributed by atoms with Gasteiger partial charge in [0.2, 0.25) is 10.0 Å². The maximum atomic E-state index is 13.9. The number of hydrogen-bond donors (Lipinski definition) is 2. The molecule has 0 bridgehead atoms. The number of sulfonamides is 1. The predicted molar refractivity (Wildman–Crippen MR) is 136 cm³/mol. The summed E-state index contributed by atoms with van der Waals surface area (Å²) in [5, 5.41) is 14.8. The van der Waals surface area contributed by atoms with Gasteiger partial charge in [-0.05, 0) is 55.7 Å². The van der Waals surface area contributed by atoms with Crippen molar-refractivity contribution in [1.82, 2.24) is 29.7 Å². The Morgan fingerprint density at radius 3 is 2.47 bits per heavy atom. The van der Waals surface area contributed by atoms with Crippen molar-refractivity contribution < 1.29 is 21.6 Å². The number of fused-ring (bicyclic) bond motifs is 5. The topological polar surface area (TPSA) is 111 Å². The molecule has 0 spiro atoms. The monoisotopic (exact) mass is 545 g/mol. The van der Waals surface area contributed by atoms with Gasteiger partial charge in [-0.15, -0.1) is 0 Å². The highest BCUT2D eigenvalue weighted by atomic mass is 32.2. The van der Waals surface area contributed by atoms with E-state index in [2.05, 4.69) is 25.3 Å². The number of aryl methyl sites for hydroxylation is 1. The molecule has 2 aliphatic carbocycles. The van der Waals surface area contributed by atoms with E-state index in [9.17, 15) is 21.6 Å². The molecule has 1 saturated heterocycles. The van der Waals surface area contributed by atoms with Crippen molar-refractivity contribution in [2.75, 3.05) is 31.1 Å². The van der Waals surface area contributed by atoms with Crippen molar-refractivity contribution in [1.29, 1.82) is 0 Å². The number of H-pyrrole nitrogens is 2. The van der Waals surface area contributed by atoms with E-state index in [1.165, 1.54) is 6.20 Å². The van der Waals surface area contributed by atoms with Crippen LogP contribution in [0.3, 0.4) is 0 Å². The molecule has 4 heterocycles. The summed E-state index contributed by atoms with van der Waals surface area (Å²) >= 11 is 0. The van der Waals surface area contributed by atoms with Crippen LogP contribution in [0, 0.1) is 0 Å². The Hall–Kier alpha value is -3.19. The molecular weight excluding hydrogens is 519 g/mol. The first-order valence-electron chi connectivity index (χ1n) is 12.9. The molecule has 0 amide bonds. The van der Waals surface area contributed by atoms with Crippen LogP contribution in [0.25, 0.3) is 33.1 Å². The maximum absolute atomic E-state index is 13.9. The number of rotatable bonds is 4. The van der Waals surface area contributed by atoms with E-state index in [-0.39, 0.29) is 10.8 Å². The quantitative estimate of drug-likeness (QED) is 0.401. The number of pyridine rings is 1. The second kappa shape index (κ2) is 8.40. The Morgan fingerprint density at radius 2 is 1.76 bits per heavy atom. The van der Waals surface area contributed by atoms with Crippen molar-refractivity contribution in [3.05, 3.63) is 35.3 Å². The summed E-state index contributed by atoms with van der Waals surface area (Å²) in [5.41, 5.74) is 3.34. The van der Waals surface area contributed by atoms with Crippen LogP contribution < -0.4 is 4.90 Å². The number of aromatic nitrogens is 5. The van der Waals surface area contributed by atoms with Gasteiger partial charge in [0.05, 0.1) is 39.4 Å². The highest BCUT2D eigenvalue weighted by molar-refractivity contribution is 7.90. The van der Waals surface area contributed by atoms with Crippen LogP contribution in [-0.2, 0) is 29.0 Å². The van der Waals surface area contributed by atoms with Crippen LogP contribution >= 0.6 is 0 Å². The van der Waals surface area contributed by atoms with Crippen molar-refractivity contribution in [3.8, 4) is 11.3 Å². The summed E-state index contributed by atoms with van der Waals surface area (Å²) in [7, 11) is -3.27. The number of hydrogen-bond acceptors (Lipinski definition) is 6. The number of benzene rings is 1. The van der Waals surface area contributed by atoms with Gasteiger partial charge in [0.1, 0.15) is 0 Å². The van der Waals surface area contributed by atoms with Gasteiger partial charge in [0, 0.05) is 43.1 Å². The summed E-state index contributed by atoms with van der Waals surface area (Å²) in [6.07, 6.45) is 3.02. The lowest BCUT2D eigenvalue weighted by Gasteiger charge is -2.36. The number of aromatic amines is 2. The normalized spacial score (nSPS) is 19.4. The number of anilines is 1. The summed E-state index contributed by atoms with van der Waals surface area (Å²) in [6.45, 7) is 1.65.